The molecule has 1 aromatic heterocycles. The van der Waals surface area contributed by atoms with E-state index in [2.05, 4.69) is 60.6 Å². The lowest BCUT2D eigenvalue weighted by molar-refractivity contribution is -2.00. The van der Waals surface area contributed by atoms with Crippen LogP contribution in [-0.4, -0.2) is 0 Å². The fourth-order valence-electron chi connectivity index (χ4n) is 1.37. The highest BCUT2D eigenvalue weighted by molar-refractivity contribution is 7.12. The Kier molecular flexibility index (Phi) is 6.54. The van der Waals surface area contributed by atoms with Crippen molar-refractivity contribution >= 4 is 11.3 Å². The van der Waals surface area contributed by atoms with Gasteiger partial charge in [0.15, 0.2) is 0 Å². The molecule has 0 N–H and O–H groups in total. The van der Waals surface area contributed by atoms with Gasteiger partial charge in [-0.2, -0.15) is 0 Å². The third-order valence-corrected chi connectivity index (χ3v) is 4.32. The van der Waals surface area contributed by atoms with E-state index < -0.39 is 10.2 Å². The molecule has 1 aromatic rings. The van der Waals surface area contributed by atoms with Crippen LogP contribution >= 0.6 is 11.3 Å². The van der Waals surface area contributed by atoms with Crippen LogP contribution in [0.4, 0.5) is 0 Å². The van der Waals surface area contributed by atoms with E-state index in [1.807, 2.05) is 11.3 Å². The molecule has 116 valence electrons. The maximum absolute atomic E-state index is 8.49. The van der Waals surface area contributed by atoms with Gasteiger partial charge in [-0.25, -0.2) is 18.6 Å². The normalized spacial score (nSPS) is 12.8. The summed E-state index contributed by atoms with van der Waals surface area (Å²) < 4.78 is 34.0. The molecule has 0 fully saturated rings. The summed E-state index contributed by atoms with van der Waals surface area (Å²) in [6, 6.07) is 4.64. The van der Waals surface area contributed by atoms with E-state index in [1.165, 1.54) is 15.3 Å². The molecule has 0 atom stereocenters. The van der Waals surface area contributed by atoms with Crippen LogP contribution in [-0.2, 0) is 10.8 Å². The van der Waals surface area contributed by atoms with Gasteiger partial charge >= 0.3 is 0 Å². The van der Waals surface area contributed by atoms with Crippen molar-refractivity contribution in [1.82, 2.24) is 0 Å². The zero-order chi connectivity index (χ0) is 16.4. The van der Waals surface area contributed by atoms with Crippen LogP contribution in [0.25, 0.3) is 0 Å². The van der Waals surface area contributed by atoms with Gasteiger partial charge < -0.3 is 0 Å². The molecule has 1 rings (SSSR count). The first-order valence-corrected chi connectivity index (χ1v) is 8.23. The maximum Gasteiger partial charge on any atom is 0.219 e. The van der Waals surface area contributed by atoms with Crippen LogP contribution in [0.1, 0.15) is 56.9 Å². The van der Waals surface area contributed by atoms with E-state index in [0.29, 0.717) is 0 Å². The monoisotopic (exact) mass is 322 g/mol. The minimum atomic E-state index is -4.94. The number of halogens is 1. The average Bonchev–Trinajstić information content (AvgIpc) is 2.10. The third-order valence-electron chi connectivity index (χ3n) is 2.42. The summed E-state index contributed by atoms with van der Waals surface area (Å²) in [4.78, 5) is 2.96. The zero-order valence-corrected chi connectivity index (χ0v) is 14.6. The second-order valence-electron chi connectivity index (χ2n) is 6.74. The first-order chi connectivity index (χ1) is 8.60. The Morgan fingerprint density at radius 2 is 1.05 bits per heavy atom. The molecule has 20 heavy (non-hydrogen) atoms. The van der Waals surface area contributed by atoms with E-state index in [9.17, 15) is 0 Å². The minimum Gasteiger partial charge on any atom is -0.222 e. The van der Waals surface area contributed by atoms with Gasteiger partial charge in [-0.3, -0.25) is 0 Å². The molecule has 4 nitrogen and oxygen atoms in total. The van der Waals surface area contributed by atoms with E-state index in [1.54, 1.807) is 0 Å². The largest absolute Gasteiger partial charge is 0.222 e. The second-order valence-corrected chi connectivity index (χ2v) is 8.58. The van der Waals surface area contributed by atoms with Crippen molar-refractivity contribution in [2.75, 3.05) is 0 Å². The Balaban J connectivity index is 0.000000621. The summed E-state index contributed by atoms with van der Waals surface area (Å²) in [7, 11) is -4.94. The highest BCUT2D eigenvalue weighted by Crippen LogP contribution is 2.34. The van der Waals surface area contributed by atoms with Crippen molar-refractivity contribution in [1.29, 1.82) is 0 Å². The lowest BCUT2D eigenvalue weighted by atomic mass is 9.92. The maximum atomic E-state index is 8.49. The van der Waals surface area contributed by atoms with E-state index in [4.69, 9.17) is 18.6 Å². The van der Waals surface area contributed by atoms with Crippen molar-refractivity contribution in [3.8, 4) is 0 Å². The fraction of sp³-hybridized carbons (Fsp3) is 0.643. The van der Waals surface area contributed by atoms with Crippen molar-refractivity contribution < 1.29 is 28.9 Å². The van der Waals surface area contributed by atoms with Crippen molar-refractivity contribution in [2.45, 2.75) is 59.3 Å². The molecule has 0 amide bonds. The smallest absolute Gasteiger partial charge is 0.219 e. The Hall–Kier alpha value is -0.300. The van der Waals surface area contributed by atoms with Crippen molar-refractivity contribution in [3.05, 3.63) is 27.5 Å². The van der Waals surface area contributed by atoms with Gasteiger partial charge in [-0.1, -0.05) is 41.5 Å². The molecule has 0 aromatic carbocycles. The summed E-state index contributed by atoms with van der Waals surface area (Å²) in [6.07, 6.45) is 0. The summed E-state index contributed by atoms with van der Waals surface area (Å²) in [5.41, 5.74) is 1.90. The Morgan fingerprint density at radius 3 is 1.25 bits per heavy atom. The number of hydrogen-bond donors (Lipinski definition) is 0. The van der Waals surface area contributed by atoms with Crippen molar-refractivity contribution in [3.63, 3.8) is 0 Å². The lowest BCUT2D eigenvalue weighted by Gasteiger charge is -2.17. The summed E-state index contributed by atoms with van der Waals surface area (Å²) in [5, 5.41) is 0. The van der Waals surface area contributed by atoms with Crippen LogP contribution in [0.5, 0.6) is 0 Å². The average molecular weight is 323 g/mol. The van der Waals surface area contributed by atoms with Gasteiger partial charge in [0, 0.05) is 23.0 Å². The number of aryl methyl sites for hydroxylation is 1. The first kappa shape index (κ1) is 19.7. The predicted octanol–water partition coefficient (Wildman–Crippen LogP) is 0.177. The molecule has 0 aliphatic rings. The molecule has 0 saturated carbocycles. The van der Waals surface area contributed by atoms with Crippen LogP contribution in [0.15, 0.2) is 12.1 Å². The fourth-order valence-corrected chi connectivity index (χ4v) is 2.71. The molecule has 0 aliphatic heterocycles. The van der Waals surface area contributed by atoms with Gasteiger partial charge in [0.25, 0.3) is 0 Å². The van der Waals surface area contributed by atoms with Gasteiger partial charge in [-0.05, 0) is 12.5 Å². The third kappa shape index (κ3) is 8.79. The van der Waals surface area contributed by atoms with E-state index in [0.717, 1.165) is 0 Å². The predicted molar refractivity (Wildman–Crippen MR) is 70.9 cm³/mol. The molecule has 1 heterocycles. The molecule has 6 heteroatoms. The quantitative estimate of drug-likeness (QED) is 0.637. The highest BCUT2D eigenvalue weighted by Gasteiger charge is 2.31. The van der Waals surface area contributed by atoms with Crippen LogP contribution in [0.3, 0.4) is 0 Å². The Bertz CT molecular complexity index is 404. The molecule has 0 unspecified atom stereocenters. The van der Waals surface area contributed by atoms with Gasteiger partial charge in [-0.15, -0.1) is 10.2 Å². The Labute approximate surface area is 127 Å². The van der Waals surface area contributed by atoms with Crippen LogP contribution < -0.4 is 18.6 Å². The van der Waals surface area contributed by atoms with E-state index >= 15 is 0 Å². The molecule has 0 bridgehead atoms. The molecule has 0 spiro atoms. The van der Waals surface area contributed by atoms with Crippen LogP contribution in [0.2, 0.25) is 0 Å². The zero-order valence-electron chi connectivity index (χ0n) is 13.1. The summed E-state index contributed by atoms with van der Waals surface area (Å²) in [6.45, 7) is 15.9. The topological polar surface area (TPSA) is 92.2 Å². The number of rotatable bonds is 0. The molecular formula is C14H23ClO4S. The minimum absolute atomic E-state index is 0.261. The summed E-state index contributed by atoms with van der Waals surface area (Å²) >= 11 is 1.95. The number of hydrogen-bond acceptors (Lipinski definition) is 4. The van der Waals surface area contributed by atoms with Gasteiger partial charge in [0.2, 0.25) is 21.1 Å². The van der Waals surface area contributed by atoms with Gasteiger partial charge in [0.05, 0.1) is 0 Å². The lowest BCUT2D eigenvalue weighted by Crippen LogP contribution is -2.68. The molecule has 0 aliphatic carbocycles. The van der Waals surface area contributed by atoms with Gasteiger partial charge in [0.1, 0.15) is 0 Å². The Morgan fingerprint density at radius 1 is 0.800 bits per heavy atom. The SMILES string of the molecule is Cc1cc(C(C)(C)C)[s+]c(C(C)(C)C)c1.[O-][Cl+3]([O-])([O-])[O-]. The first-order valence-electron chi connectivity index (χ1n) is 6.18. The molecular weight excluding hydrogens is 300 g/mol. The van der Waals surface area contributed by atoms with Crippen molar-refractivity contribution in [2.24, 2.45) is 0 Å². The standard InChI is InChI=1S/C14H23S.ClHO4/c1-10-8-11(13(2,3)4)15-12(9-10)14(5,6)7;2-1(3,4)5/h8-9H,1-7H3;(H,2,3,4,5)/q+1;/p-1. The van der Waals surface area contributed by atoms with E-state index in [-0.39, 0.29) is 10.8 Å². The van der Waals surface area contributed by atoms with Crippen LogP contribution in [0, 0.1) is 17.2 Å². The summed E-state index contributed by atoms with van der Waals surface area (Å²) in [5.74, 6) is 0. The second kappa shape index (κ2) is 6.64. The highest BCUT2D eigenvalue weighted by atomic mass is 35.7. The molecule has 0 radical (unpaired) electrons. The molecule has 0 saturated heterocycles.